The van der Waals surface area contributed by atoms with Gasteiger partial charge < -0.3 is 16.8 Å². The maximum absolute atomic E-state index is 12.1. The lowest BCUT2D eigenvalue weighted by Gasteiger charge is -2.11. The molecule has 0 bridgehead atoms. The van der Waals surface area contributed by atoms with Crippen LogP contribution in [0.5, 0.6) is 0 Å². The van der Waals surface area contributed by atoms with Crippen molar-refractivity contribution in [3.05, 3.63) is 58.9 Å². The van der Waals surface area contributed by atoms with Gasteiger partial charge in [-0.3, -0.25) is 4.79 Å². The zero-order valence-electron chi connectivity index (χ0n) is 12.1. The van der Waals surface area contributed by atoms with E-state index in [9.17, 15) is 4.79 Å². The van der Waals surface area contributed by atoms with E-state index in [4.69, 9.17) is 11.5 Å². The summed E-state index contributed by atoms with van der Waals surface area (Å²) in [5.41, 5.74) is 13.8. The third-order valence-electron chi connectivity index (χ3n) is 3.25. The monoisotopic (exact) mass is 325 g/mol. The van der Waals surface area contributed by atoms with Gasteiger partial charge in [-0.05, 0) is 29.6 Å². The van der Waals surface area contributed by atoms with E-state index < -0.39 is 6.04 Å². The van der Waals surface area contributed by atoms with E-state index >= 15 is 0 Å². The number of carbonyl (C=O) groups excluding carboxylic acids is 1. The highest BCUT2D eigenvalue weighted by molar-refractivity contribution is 7.10. The maximum Gasteiger partial charge on any atom is 0.246 e. The Morgan fingerprint density at radius 1 is 1.17 bits per heavy atom. The molecule has 1 amide bonds. The van der Waals surface area contributed by atoms with Crippen molar-refractivity contribution in [2.75, 3.05) is 11.1 Å². The zero-order valence-corrected chi connectivity index (χ0v) is 13.0. The lowest BCUT2D eigenvalue weighted by atomic mass is 10.1. The van der Waals surface area contributed by atoms with Crippen LogP contribution in [0.15, 0.2) is 54.0 Å². The molecule has 0 radical (unpaired) electrons. The summed E-state index contributed by atoms with van der Waals surface area (Å²) in [6.07, 6.45) is 1.60. The molecule has 0 saturated heterocycles. The molecule has 1 atom stereocenters. The fraction of sp³-hybridized carbons (Fsp3) is 0.0625. The number of anilines is 2. The van der Waals surface area contributed by atoms with Crippen molar-refractivity contribution in [1.29, 1.82) is 0 Å². The van der Waals surface area contributed by atoms with Crippen LogP contribution in [0.3, 0.4) is 0 Å². The van der Waals surface area contributed by atoms with E-state index in [1.165, 1.54) is 11.3 Å². The van der Waals surface area contributed by atoms with Crippen molar-refractivity contribution in [1.82, 2.24) is 9.97 Å². The van der Waals surface area contributed by atoms with E-state index in [0.29, 0.717) is 5.69 Å². The number of rotatable bonds is 4. The molecule has 5 N–H and O–H groups in total. The lowest BCUT2D eigenvalue weighted by molar-refractivity contribution is -0.117. The van der Waals surface area contributed by atoms with Gasteiger partial charge in [0.15, 0.2) is 0 Å². The molecule has 3 rings (SSSR count). The second-order valence-electron chi connectivity index (χ2n) is 4.86. The second-order valence-corrected chi connectivity index (χ2v) is 5.84. The van der Waals surface area contributed by atoms with Crippen molar-refractivity contribution >= 4 is 28.9 Å². The molecule has 0 fully saturated rings. The van der Waals surface area contributed by atoms with Crippen LogP contribution in [0, 0.1) is 0 Å². The molecule has 7 heteroatoms. The first-order valence-corrected chi connectivity index (χ1v) is 7.80. The minimum absolute atomic E-state index is 0.224. The first-order valence-electron chi connectivity index (χ1n) is 6.92. The van der Waals surface area contributed by atoms with Gasteiger partial charge in [0, 0.05) is 22.3 Å². The Hall–Kier alpha value is -2.77. The minimum atomic E-state index is -0.670. The van der Waals surface area contributed by atoms with E-state index in [1.54, 1.807) is 24.4 Å². The fourth-order valence-corrected chi connectivity index (χ4v) is 2.80. The summed E-state index contributed by atoms with van der Waals surface area (Å²) in [6.45, 7) is 0. The highest BCUT2D eigenvalue weighted by Crippen LogP contribution is 2.22. The number of aromatic nitrogens is 2. The van der Waals surface area contributed by atoms with Gasteiger partial charge in [-0.25, -0.2) is 9.97 Å². The molecule has 0 aliphatic carbocycles. The molecule has 3 aromatic rings. The number of thiophene rings is 1. The van der Waals surface area contributed by atoms with Crippen molar-refractivity contribution in [2.45, 2.75) is 6.04 Å². The normalized spacial score (nSPS) is 11.9. The van der Waals surface area contributed by atoms with Crippen LogP contribution in [-0.4, -0.2) is 15.9 Å². The predicted molar refractivity (Wildman–Crippen MR) is 91.8 cm³/mol. The Kier molecular flexibility index (Phi) is 4.31. The van der Waals surface area contributed by atoms with Crippen LogP contribution in [0.4, 0.5) is 11.6 Å². The summed E-state index contributed by atoms with van der Waals surface area (Å²) in [6, 6.07) is 12.1. The average molecular weight is 325 g/mol. The van der Waals surface area contributed by atoms with Crippen molar-refractivity contribution < 1.29 is 4.79 Å². The highest BCUT2D eigenvalue weighted by atomic mass is 32.1. The number of carbonyl (C=O) groups is 1. The zero-order chi connectivity index (χ0) is 16.2. The summed E-state index contributed by atoms with van der Waals surface area (Å²) < 4.78 is 0. The number of benzene rings is 1. The lowest BCUT2D eigenvalue weighted by Crippen LogP contribution is -2.26. The van der Waals surface area contributed by atoms with Crippen molar-refractivity contribution in [2.24, 2.45) is 5.73 Å². The molecule has 0 aliphatic rings. The van der Waals surface area contributed by atoms with E-state index in [0.717, 1.165) is 16.1 Å². The first kappa shape index (κ1) is 15.1. The summed E-state index contributed by atoms with van der Waals surface area (Å²) in [5.74, 6) is -0.0201. The predicted octanol–water partition coefficient (Wildman–Crippen LogP) is 2.43. The van der Waals surface area contributed by atoms with Crippen molar-refractivity contribution in [3.8, 4) is 11.3 Å². The van der Waals surface area contributed by atoms with Crippen LogP contribution in [0.25, 0.3) is 11.3 Å². The van der Waals surface area contributed by atoms with Gasteiger partial charge in [-0.15, -0.1) is 11.3 Å². The second kappa shape index (κ2) is 6.55. The molecule has 0 spiro atoms. The Morgan fingerprint density at radius 2 is 1.96 bits per heavy atom. The quantitative estimate of drug-likeness (QED) is 0.683. The number of hydrogen-bond acceptors (Lipinski definition) is 6. The van der Waals surface area contributed by atoms with E-state index in [-0.39, 0.29) is 11.9 Å². The number of nitrogens with one attached hydrogen (secondary N) is 1. The minimum Gasteiger partial charge on any atom is -0.368 e. The largest absolute Gasteiger partial charge is 0.368 e. The summed E-state index contributed by atoms with van der Waals surface area (Å²) >= 11 is 1.46. The molecule has 116 valence electrons. The van der Waals surface area contributed by atoms with Gasteiger partial charge in [-0.2, -0.15) is 0 Å². The van der Waals surface area contributed by atoms with Crippen LogP contribution >= 0.6 is 11.3 Å². The Labute approximate surface area is 137 Å². The molecule has 0 aliphatic heterocycles. The molecule has 6 nitrogen and oxygen atoms in total. The number of hydrogen-bond donors (Lipinski definition) is 3. The third kappa shape index (κ3) is 3.53. The third-order valence-corrected chi connectivity index (χ3v) is 4.21. The van der Waals surface area contributed by atoms with Gasteiger partial charge in [0.05, 0.1) is 5.69 Å². The number of nitrogens with zero attached hydrogens (tertiary/aromatic N) is 2. The van der Waals surface area contributed by atoms with E-state index in [1.807, 2.05) is 29.6 Å². The molecule has 1 aromatic carbocycles. The standard InChI is InChI=1S/C16H15N5OS/c17-14(13-2-1-9-23-13)15(22)20-11-5-3-10(4-6-11)12-7-8-19-16(18)21-12/h1-9,14H,17H2,(H,20,22)(H2,18,19,21)/t14-/m1/s1. The highest BCUT2D eigenvalue weighted by Gasteiger charge is 2.16. The summed E-state index contributed by atoms with van der Waals surface area (Å²) in [7, 11) is 0. The average Bonchev–Trinajstić information content (AvgIpc) is 3.09. The summed E-state index contributed by atoms with van der Waals surface area (Å²) in [4.78, 5) is 21.0. The Morgan fingerprint density at radius 3 is 2.61 bits per heavy atom. The van der Waals surface area contributed by atoms with Gasteiger partial charge in [-0.1, -0.05) is 18.2 Å². The van der Waals surface area contributed by atoms with Crippen LogP contribution in [-0.2, 0) is 4.79 Å². The Balaban J connectivity index is 1.71. The molecule has 23 heavy (non-hydrogen) atoms. The molecule has 0 unspecified atom stereocenters. The Bertz CT molecular complexity index is 802. The van der Waals surface area contributed by atoms with Gasteiger partial charge in [0.25, 0.3) is 0 Å². The molecular weight excluding hydrogens is 310 g/mol. The number of nitrogens with two attached hydrogens (primary N) is 2. The molecule has 2 aromatic heterocycles. The van der Waals surface area contributed by atoms with Gasteiger partial charge in [0.1, 0.15) is 6.04 Å². The molecule has 0 saturated carbocycles. The first-order chi connectivity index (χ1) is 11.1. The number of amides is 1. The SMILES string of the molecule is Nc1nccc(-c2ccc(NC(=O)[C@H](N)c3cccs3)cc2)n1. The number of nitrogen functional groups attached to an aromatic ring is 1. The van der Waals surface area contributed by atoms with Gasteiger partial charge >= 0.3 is 0 Å². The van der Waals surface area contributed by atoms with Crippen molar-refractivity contribution in [3.63, 3.8) is 0 Å². The topological polar surface area (TPSA) is 107 Å². The van der Waals surface area contributed by atoms with Crippen LogP contribution in [0.1, 0.15) is 10.9 Å². The van der Waals surface area contributed by atoms with Crippen LogP contribution in [0.2, 0.25) is 0 Å². The molecule has 2 heterocycles. The fourth-order valence-electron chi connectivity index (χ4n) is 2.08. The smallest absolute Gasteiger partial charge is 0.246 e. The molecular formula is C16H15N5OS. The van der Waals surface area contributed by atoms with Crippen LogP contribution < -0.4 is 16.8 Å². The van der Waals surface area contributed by atoms with E-state index in [2.05, 4.69) is 15.3 Å². The van der Waals surface area contributed by atoms with Gasteiger partial charge in [0.2, 0.25) is 11.9 Å². The summed E-state index contributed by atoms with van der Waals surface area (Å²) in [5, 5.41) is 4.70. The maximum atomic E-state index is 12.1.